The number of ether oxygens (including phenoxy) is 2. The van der Waals surface area contributed by atoms with Gasteiger partial charge in [-0.1, -0.05) is 42.5 Å². The van der Waals surface area contributed by atoms with Crippen LogP contribution in [0.4, 0.5) is 0 Å². The number of rotatable bonds is 6. The largest absolute Gasteiger partial charge is 0.490 e. The van der Waals surface area contributed by atoms with Crippen molar-refractivity contribution in [2.75, 3.05) is 6.61 Å². The van der Waals surface area contributed by atoms with E-state index in [0.29, 0.717) is 34.8 Å². The Labute approximate surface area is 193 Å². The quantitative estimate of drug-likeness (QED) is 0.370. The maximum absolute atomic E-state index is 13.3. The zero-order valence-corrected chi connectivity index (χ0v) is 19.3. The molecule has 4 aromatic rings. The Kier molecular flexibility index (Phi) is 6.27. The van der Waals surface area contributed by atoms with Crippen molar-refractivity contribution in [1.82, 2.24) is 9.66 Å². The minimum atomic E-state index is -0.351. The van der Waals surface area contributed by atoms with Gasteiger partial charge in [-0.05, 0) is 63.6 Å². The van der Waals surface area contributed by atoms with Gasteiger partial charge in [-0.2, -0.15) is 9.78 Å². The number of aromatic nitrogens is 2. The molecule has 0 radical (unpaired) electrons. The van der Waals surface area contributed by atoms with E-state index in [9.17, 15) is 4.79 Å². The topological polar surface area (TPSA) is 65.7 Å². The molecule has 4 rings (SSSR count). The standard InChI is InChI=1S/C27H27N3O3/c1-5-32-24-17-19(15-16-23(24)33-27(2,3)4)18-28-30-25(20-11-7-6-8-12-20)29-22-14-10-9-13-21(22)26(30)31/h6-18H,5H2,1-4H3. The van der Waals surface area contributed by atoms with Crippen LogP contribution in [0, 0.1) is 0 Å². The predicted octanol–water partition coefficient (Wildman–Crippen LogP) is 5.52. The van der Waals surface area contributed by atoms with E-state index in [1.54, 1.807) is 12.3 Å². The highest BCUT2D eigenvalue weighted by molar-refractivity contribution is 5.82. The molecule has 0 atom stereocenters. The molecule has 3 aromatic carbocycles. The van der Waals surface area contributed by atoms with Crippen LogP contribution in [-0.2, 0) is 0 Å². The van der Waals surface area contributed by atoms with Crippen LogP contribution in [-0.4, -0.2) is 28.1 Å². The van der Waals surface area contributed by atoms with E-state index >= 15 is 0 Å². The van der Waals surface area contributed by atoms with E-state index in [2.05, 4.69) is 5.10 Å². The van der Waals surface area contributed by atoms with E-state index in [4.69, 9.17) is 14.5 Å². The minimum Gasteiger partial charge on any atom is -0.490 e. The lowest BCUT2D eigenvalue weighted by Crippen LogP contribution is -2.23. The number of fused-ring (bicyclic) bond motifs is 1. The molecule has 0 aliphatic heterocycles. The van der Waals surface area contributed by atoms with Crippen molar-refractivity contribution in [3.8, 4) is 22.9 Å². The Morgan fingerprint density at radius 1 is 0.970 bits per heavy atom. The van der Waals surface area contributed by atoms with Gasteiger partial charge in [-0.3, -0.25) is 4.79 Å². The number of nitrogens with zero attached hydrogens (tertiary/aromatic N) is 3. The molecule has 0 saturated carbocycles. The summed E-state index contributed by atoms with van der Waals surface area (Å²) in [5.74, 6) is 1.77. The summed E-state index contributed by atoms with van der Waals surface area (Å²) in [5.41, 5.74) is 1.64. The van der Waals surface area contributed by atoms with E-state index in [0.717, 1.165) is 11.1 Å². The van der Waals surface area contributed by atoms with Crippen molar-refractivity contribution in [1.29, 1.82) is 0 Å². The molecule has 6 heteroatoms. The highest BCUT2D eigenvalue weighted by Gasteiger charge is 2.16. The van der Waals surface area contributed by atoms with Crippen LogP contribution in [0.25, 0.3) is 22.3 Å². The lowest BCUT2D eigenvalue weighted by atomic mass is 10.1. The maximum Gasteiger partial charge on any atom is 0.282 e. The SMILES string of the molecule is CCOc1cc(C=Nn2c(-c3ccccc3)nc3ccccc3c2=O)ccc1OC(C)(C)C. The van der Waals surface area contributed by atoms with Gasteiger partial charge in [0.1, 0.15) is 5.60 Å². The summed E-state index contributed by atoms with van der Waals surface area (Å²) >= 11 is 0. The lowest BCUT2D eigenvalue weighted by Gasteiger charge is -2.23. The Hall–Kier alpha value is -3.93. The molecule has 0 amide bonds. The maximum atomic E-state index is 13.3. The Bertz CT molecular complexity index is 1350. The Morgan fingerprint density at radius 2 is 1.70 bits per heavy atom. The predicted molar refractivity (Wildman–Crippen MR) is 132 cm³/mol. The van der Waals surface area contributed by atoms with Gasteiger partial charge in [0.15, 0.2) is 17.3 Å². The van der Waals surface area contributed by atoms with E-state index in [1.807, 2.05) is 94.4 Å². The fraction of sp³-hybridized carbons (Fsp3) is 0.222. The first-order valence-electron chi connectivity index (χ1n) is 10.9. The van der Waals surface area contributed by atoms with Gasteiger partial charge in [0.25, 0.3) is 5.56 Å². The van der Waals surface area contributed by atoms with Gasteiger partial charge < -0.3 is 9.47 Å². The van der Waals surface area contributed by atoms with Crippen molar-refractivity contribution < 1.29 is 9.47 Å². The van der Waals surface area contributed by atoms with E-state index in [-0.39, 0.29) is 11.2 Å². The molecule has 33 heavy (non-hydrogen) atoms. The van der Waals surface area contributed by atoms with Crippen LogP contribution in [0.2, 0.25) is 0 Å². The van der Waals surface area contributed by atoms with Gasteiger partial charge in [0.2, 0.25) is 0 Å². The van der Waals surface area contributed by atoms with Gasteiger partial charge in [0.05, 0.1) is 23.7 Å². The fourth-order valence-corrected chi connectivity index (χ4v) is 3.42. The summed E-state index contributed by atoms with van der Waals surface area (Å²) in [7, 11) is 0. The first kappa shape index (κ1) is 22.3. The van der Waals surface area contributed by atoms with E-state index < -0.39 is 0 Å². The van der Waals surface area contributed by atoms with Crippen molar-refractivity contribution in [2.45, 2.75) is 33.3 Å². The average Bonchev–Trinajstić information content (AvgIpc) is 2.80. The molecule has 0 aliphatic rings. The average molecular weight is 442 g/mol. The summed E-state index contributed by atoms with van der Waals surface area (Å²) < 4.78 is 13.1. The van der Waals surface area contributed by atoms with Crippen LogP contribution < -0.4 is 15.0 Å². The molecule has 0 N–H and O–H groups in total. The van der Waals surface area contributed by atoms with Gasteiger partial charge in [-0.15, -0.1) is 0 Å². The van der Waals surface area contributed by atoms with Crippen LogP contribution in [0.15, 0.2) is 82.7 Å². The second-order valence-electron chi connectivity index (χ2n) is 8.53. The summed E-state index contributed by atoms with van der Waals surface area (Å²) in [6.07, 6.45) is 1.63. The third-order valence-corrected chi connectivity index (χ3v) is 4.79. The summed E-state index contributed by atoms with van der Waals surface area (Å²) in [5, 5.41) is 5.04. The second kappa shape index (κ2) is 9.28. The molecular weight excluding hydrogens is 414 g/mol. The van der Waals surface area contributed by atoms with Crippen molar-refractivity contribution >= 4 is 17.1 Å². The van der Waals surface area contributed by atoms with Gasteiger partial charge in [0, 0.05) is 5.56 Å². The number of benzene rings is 3. The molecule has 0 bridgehead atoms. The molecule has 1 aromatic heterocycles. The molecule has 0 aliphatic carbocycles. The zero-order chi connectivity index (χ0) is 23.4. The third kappa shape index (κ3) is 5.12. The van der Waals surface area contributed by atoms with E-state index in [1.165, 1.54) is 4.68 Å². The first-order valence-corrected chi connectivity index (χ1v) is 10.9. The highest BCUT2D eigenvalue weighted by atomic mass is 16.5. The molecule has 0 unspecified atom stereocenters. The van der Waals surface area contributed by atoms with Crippen molar-refractivity contribution in [3.05, 3.63) is 88.7 Å². The normalized spacial score (nSPS) is 11.8. The van der Waals surface area contributed by atoms with Crippen LogP contribution in [0.3, 0.4) is 0 Å². The Balaban J connectivity index is 1.80. The second-order valence-corrected chi connectivity index (χ2v) is 8.53. The summed E-state index contributed by atoms with van der Waals surface area (Å²) in [4.78, 5) is 18.0. The molecule has 1 heterocycles. The number of hydrogen-bond acceptors (Lipinski definition) is 5. The molecule has 6 nitrogen and oxygen atoms in total. The third-order valence-electron chi connectivity index (χ3n) is 4.79. The van der Waals surface area contributed by atoms with Crippen LogP contribution >= 0.6 is 0 Å². The lowest BCUT2D eigenvalue weighted by molar-refractivity contribution is 0.124. The van der Waals surface area contributed by atoms with Crippen LogP contribution in [0.1, 0.15) is 33.3 Å². The van der Waals surface area contributed by atoms with Crippen LogP contribution in [0.5, 0.6) is 11.5 Å². The Morgan fingerprint density at radius 3 is 2.42 bits per heavy atom. The highest BCUT2D eigenvalue weighted by Crippen LogP contribution is 2.31. The smallest absolute Gasteiger partial charge is 0.282 e. The molecule has 0 spiro atoms. The molecular formula is C27H27N3O3. The number of para-hydroxylation sites is 1. The van der Waals surface area contributed by atoms with Gasteiger partial charge >= 0.3 is 0 Å². The van der Waals surface area contributed by atoms with Crippen molar-refractivity contribution in [3.63, 3.8) is 0 Å². The van der Waals surface area contributed by atoms with Gasteiger partial charge in [-0.25, -0.2) is 4.98 Å². The first-order chi connectivity index (χ1) is 15.9. The summed E-state index contributed by atoms with van der Waals surface area (Å²) in [6.45, 7) is 8.40. The molecule has 0 saturated heterocycles. The molecule has 168 valence electrons. The monoisotopic (exact) mass is 441 g/mol. The zero-order valence-electron chi connectivity index (χ0n) is 19.3. The molecule has 0 fully saturated rings. The number of hydrogen-bond donors (Lipinski definition) is 0. The summed E-state index contributed by atoms with van der Waals surface area (Å²) in [6, 6.07) is 22.5. The van der Waals surface area contributed by atoms with Crippen molar-refractivity contribution in [2.24, 2.45) is 5.10 Å². The fourth-order valence-electron chi connectivity index (χ4n) is 3.42. The minimum absolute atomic E-state index is 0.228.